The van der Waals surface area contributed by atoms with Gasteiger partial charge in [-0.1, -0.05) is 13.8 Å². The fourth-order valence-corrected chi connectivity index (χ4v) is 1.42. The van der Waals surface area contributed by atoms with Crippen LogP contribution in [-0.2, 0) is 6.42 Å². The lowest BCUT2D eigenvalue weighted by molar-refractivity contribution is 0.509. The van der Waals surface area contributed by atoms with Crippen molar-refractivity contribution < 1.29 is 0 Å². The summed E-state index contributed by atoms with van der Waals surface area (Å²) < 4.78 is 0. The Kier molecular flexibility index (Phi) is 3.27. The van der Waals surface area contributed by atoms with Gasteiger partial charge in [0.2, 0.25) is 0 Å². The van der Waals surface area contributed by atoms with Crippen LogP contribution in [0.1, 0.15) is 44.9 Å². The van der Waals surface area contributed by atoms with E-state index in [2.05, 4.69) is 31.0 Å². The van der Waals surface area contributed by atoms with Gasteiger partial charge in [0.25, 0.3) is 0 Å². The van der Waals surface area contributed by atoms with Gasteiger partial charge in [0.15, 0.2) is 0 Å². The van der Waals surface area contributed by atoms with Gasteiger partial charge in [0, 0.05) is 23.9 Å². The quantitative estimate of drug-likeness (QED) is 0.799. The second-order valence-electron chi connectivity index (χ2n) is 4.90. The van der Waals surface area contributed by atoms with Crippen LogP contribution in [0.4, 0.5) is 0 Å². The molecule has 1 aromatic heterocycles. The molecule has 1 rings (SSSR count). The molecule has 0 bridgehead atoms. The van der Waals surface area contributed by atoms with E-state index >= 15 is 0 Å². The summed E-state index contributed by atoms with van der Waals surface area (Å²) in [5.74, 6) is 0.553. The largest absolute Gasteiger partial charge is 0.325 e. The summed E-state index contributed by atoms with van der Waals surface area (Å²) in [5, 5.41) is 0. The minimum atomic E-state index is -0.178. The zero-order chi connectivity index (χ0) is 10.8. The molecule has 2 nitrogen and oxygen atoms in total. The van der Waals surface area contributed by atoms with Crippen LogP contribution in [0.25, 0.3) is 0 Å². The summed E-state index contributed by atoms with van der Waals surface area (Å²) in [6.07, 6.45) is 2.70. The highest BCUT2D eigenvalue weighted by molar-refractivity contribution is 5.20. The number of nitrogens with zero attached hydrogens (tertiary/aromatic N) is 1. The molecule has 0 aliphatic heterocycles. The van der Waals surface area contributed by atoms with Gasteiger partial charge in [-0.2, -0.15) is 0 Å². The van der Waals surface area contributed by atoms with Crippen LogP contribution in [0.3, 0.4) is 0 Å². The average Bonchev–Trinajstić information content (AvgIpc) is 2.01. The molecule has 1 heterocycles. The van der Waals surface area contributed by atoms with E-state index in [-0.39, 0.29) is 5.54 Å². The van der Waals surface area contributed by atoms with Gasteiger partial charge >= 0.3 is 0 Å². The first-order chi connectivity index (χ1) is 6.38. The van der Waals surface area contributed by atoms with E-state index in [1.807, 2.05) is 20.0 Å². The van der Waals surface area contributed by atoms with Crippen molar-refractivity contribution >= 4 is 0 Å². The van der Waals surface area contributed by atoms with Crippen molar-refractivity contribution in [1.29, 1.82) is 0 Å². The van der Waals surface area contributed by atoms with Crippen molar-refractivity contribution in [3.8, 4) is 0 Å². The van der Waals surface area contributed by atoms with Crippen LogP contribution in [0, 0.1) is 0 Å². The van der Waals surface area contributed by atoms with Crippen LogP contribution in [-0.4, -0.2) is 10.5 Å². The molecule has 2 heteroatoms. The fourth-order valence-electron chi connectivity index (χ4n) is 1.42. The lowest BCUT2D eigenvalue weighted by atomic mass is 9.97. The van der Waals surface area contributed by atoms with Gasteiger partial charge in [0.05, 0.1) is 0 Å². The highest BCUT2D eigenvalue weighted by atomic mass is 14.7. The maximum Gasteiger partial charge on any atom is 0.0424 e. The first-order valence-electron chi connectivity index (χ1n) is 5.12. The van der Waals surface area contributed by atoms with Crippen LogP contribution in [0.2, 0.25) is 0 Å². The predicted molar refractivity (Wildman–Crippen MR) is 60.3 cm³/mol. The number of rotatable bonds is 3. The fraction of sp³-hybridized carbons (Fsp3) is 0.583. The van der Waals surface area contributed by atoms with Gasteiger partial charge in [-0.05, 0) is 37.5 Å². The summed E-state index contributed by atoms with van der Waals surface area (Å²) in [7, 11) is 0. The lowest BCUT2D eigenvalue weighted by Crippen LogP contribution is -2.34. The highest BCUT2D eigenvalue weighted by Crippen LogP contribution is 2.16. The Hall–Kier alpha value is -0.890. The third-order valence-electron chi connectivity index (χ3n) is 2.14. The standard InChI is InChI=1S/C12H20N2/c1-9(2)10-5-6-14-11(7-10)8-12(3,4)13/h5-7,9H,8,13H2,1-4H3. The monoisotopic (exact) mass is 192 g/mol. The van der Waals surface area contributed by atoms with E-state index in [0.29, 0.717) is 5.92 Å². The number of aromatic nitrogens is 1. The van der Waals surface area contributed by atoms with Crippen LogP contribution < -0.4 is 5.73 Å². The minimum Gasteiger partial charge on any atom is -0.325 e. The van der Waals surface area contributed by atoms with E-state index in [0.717, 1.165) is 12.1 Å². The molecule has 0 amide bonds. The van der Waals surface area contributed by atoms with E-state index < -0.39 is 0 Å². The molecule has 0 aliphatic rings. The molecular formula is C12H20N2. The van der Waals surface area contributed by atoms with Crippen LogP contribution >= 0.6 is 0 Å². The van der Waals surface area contributed by atoms with Crippen molar-refractivity contribution in [2.45, 2.75) is 45.6 Å². The Bertz CT molecular complexity index is 297. The molecule has 0 saturated carbocycles. The molecule has 0 unspecified atom stereocenters. The Morgan fingerprint density at radius 1 is 1.43 bits per heavy atom. The van der Waals surface area contributed by atoms with Crippen molar-refractivity contribution in [3.05, 3.63) is 29.6 Å². The van der Waals surface area contributed by atoms with E-state index in [9.17, 15) is 0 Å². The molecule has 0 aliphatic carbocycles. The summed E-state index contributed by atoms with van der Waals surface area (Å²) in [6, 6.07) is 4.22. The van der Waals surface area contributed by atoms with Crippen LogP contribution in [0.15, 0.2) is 18.3 Å². The maximum absolute atomic E-state index is 5.95. The molecule has 78 valence electrons. The lowest BCUT2D eigenvalue weighted by Gasteiger charge is -2.18. The van der Waals surface area contributed by atoms with Crippen molar-refractivity contribution in [1.82, 2.24) is 4.98 Å². The molecule has 0 radical (unpaired) electrons. The zero-order valence-corrected chi connectivity index (χ0v) is 9.54. The SMILES string of the molecule is CC(C)c1ccnc(CC(C)(C)N)c1. The summed E-state index contributed by atoms with van der Waals surface area (Å²) in [4.78, 5) is 4.33. The first kappa shape index (κ1) is 11.2. The van der Waals surface area contributed by atoms with Gasteiger partial charge in [-0.3, -0.25) is 4.98 Å². The smallest absolute Gasteiger partial charge is 0.0424 e. The van der Waals surface area contributed by atoms with E-state index in [1.54, 1.807) is 0 Å². The predicted octanol–water partition coefficient (Wildman–Crippen LogP) is 2.48. The number of nitrogens with two attached hydrogens (primary N) is 1. The molecular weight excluding hydrogens is 172 g/mol. The molecule has 1 aromatic rings. The molecule has 2 N–H and O–H groups in total. The maximum atomic E-state index is 5.95. The van der Waals surface area contributed by atoms with Crippen molar-refractivity contribution in [2.75, 3.05) is 0 Å². The number of pyridine rings is 1. The Morgan fingerprint density at radius 3 is 2.57 bits per heavy atom. The third kappa shape index (κ3) is 3.46. The van der Waals surface area contributed by atoms with Gasteiger partial charge in [-0.15, -0.1) is 0 Å². The molecule has 0 spiro atoms. The summed E-state index contributed by atoms with van der Waals surface area (Å²) >= 11 is 0. The topological polar surface area (TPSA) is 38.9 Å². The molecule has 0 fully saturated rings. The van der Waals surface area contributed by atoms with Gasteiger partial charge in [0.1, 0.15) is 0 Å². The molecule has 0 saturated heterocycles. The van der Waals surface area contributed by atoms with Crippen LogP contribution in [0.5, 0.6) is 0 Å². The van der Waals surface area contributed by atoms with Crippen molar-refractivity contribution in [3.63, 3.8) is 0 Å². The minimum absolute atomic E-state index is 0.178. The number of hydrogen-bond acceptors (Lipinski definition) is 2. The number of hydrogen-bond donors (Lipinski definition) is 1. The average molecular weight is 192 g/mol. The molecule has 14 heavy (non-hydrogen) atoms. The Balaban J connectivity index is 2.84. The summed E-state index contributed by atoms with van der Waals surface area (Å²) in [6.45, 7) is 8.42. The van der Waals surface area contributed by atoms with Gasteiger partial charge < -0.3 is 5.73 Å². The molecule has 0 aromatic carbocycles. The second kappa shape index (κ2) is 4.09. The second-order valence-corrected chi connectivity index (χ2v) is 4.90. The Morgan fingerprint density at radius 2 is 2.07 bits per heavy atom. The normalized spacial score (nSPS) is 12.1. The summed E-state index contributed by atoms with van der Waals surface area (Å²) in [5.41, 5.74) is 8.20. The first-order valence-corrected chi connectivity index (χ1v) is 5.12. The van der Waals surface area contributed by atoms with Crippen molar-refractivity contribution in [2.24, 2.45) is 5.73 Å². The molecule has 0 atom stereocenters. The van der Waals surface area contributed by atoms with Gasteiger partial charge in [-0.25, -0.2) is 0 Å². The van der Waals surface area contributed by atoms with E-state index in [4.69, 9.17) is 5.73 Å². The Labute approximate surface area is 86.5 Å². The zero-order valence-electron chi connectivity index (χ0n) is 9.54. The third-order valence-corrected chi connectivity index (χ3v) is 2.14. The van der Waals surface area contributed by atoms with E-state index in [1.165, 1.54) is 5.56 Å². The highest BCUT2D eigenvalue weighted by Gasteiger charge is 2.13.